The van der Waals surface area contributed by atoms with Crippen LogP contribution in [0, 0.1) is 5.82 Å². The lowest BCUT2D eigenvalue weighted by Gasteiger charge is -2.07. The van der Waals surface area contributed by atoms with Crippen molar-refractivity contribution < 1.29 is 31.9 Å². The van der Waals surface area contributed by atoms with E-state index in [0.29, 0.717) is 30.0 Å². The molecule has 0 fully saturated rings. The van der Waals surface area contributed by atoms with E-state index in [1.54, 1.807) is 0 Å². The first kappa shape index (κ1) is 15.3. The summed E-state index contributed by atoms with van der Waals surface area (Å²) in [5.74, 6) is -2.91. The normalized spacial score (nSPS) is 11.6. The molecule has 0 saturated carbocycles. The van der Waals surface area contributed by atoms with E-state index in [4.69, 9.17) is 9.52 Å². The fourth-order valence-electron chi connectivity index (χ4n) is 1.37. The van der Waals surface area contributed by atoms with Gasteiger partial charge in [-0.25, -0.2) is 4.39 Å². The molecule has 0 bridgehead atoms. The van der Waals surface area contributed by atoms with E-state index in [0.717, 1.165) is 0 Å². The molecule has 0 unspecified atom stereocenters. The van der Waals surface area contributed by atoms with Gasteiger partial charge in [-0.05, 0) is 18.2 Å². The highest BCUT2D eigenvalue weighted by molar-refractivity contribution is 7.99. The van der Waals surface area contributed by atoms with Gasteiger partial charge in [0, 0.05) is 0 Å². The molecule has 0 radical (unpaired) electrons. The van der Waals surface area contributed by atoms with Gasteiger partial charge < -0.3 is 9.52 Å². The number of hydrogen-bond acceptors (Lipinski definition) is 5. The van der Waals surface area contributed by atoms with E-state index in [-0.39, 0.29) is 11.0 Å². The summed E-state index contributed by atoms with van der Waals surface area (Å²) in [6.45, 7) is 0. The van der Waals surface area contributed by atoms with Crippen LogP contribution in [-0.2, 0) is 11.0 Å². The van der Waals surface area contributed by atoms with Crippen molar-refractivity contribution >= 4 is 17.7 Å². The number of nitrogens with zero attached hydrogens (tertiary/aromatic N) is 2. The molecule has 1 aromatic carbocycles. The second-order valence-corrected chi connectivity index (χ2v) is 4.67. The zero-order valence-corrected chi connectivity index (χ0v) is 10.8. The number of rotatable bonds is 4. The average Bonchev–Trinajstić information content (AvgIpc) is 2.84. The van der Waals surface area contributed by atoms with Crippen LogP contribution < -0.4 is 0 Å². The Morgan fingerprint density at radius 1 is 1.33 bits per heavy atom. The highest BCUT2D eigenvalue weighted by Crippen LogP contribution is 2.33. The van der Waals surface area contributed by atoms with Crippen LogP contribution in [-0.4, -0.2) is 27.0 Å². The second-order valence-electron chi connectivity index (χ2n) is 3.75. The number of aliphatic carboxylic acids is 1. The quantitative estimate of drug-likeness (QED) is 0.688. The van der Waals surface area contributed by atoms with E-state index in [2.05, 4.69) is 10.2 Å². The van der Waals surface area contributed by atoms with E-state index in [1.807, 2.05) is 0 Å². The van der Waals surface area contributed by atoms with E-state index in [9.17, 15) is 22.4 Å². The maximum atomic E-state index is 13.6. The van der Waals surface area contributed by atoms with Crippen molar-refractivity contribution in [3.8, 4) is 11.5 Å². The number of hydrogen-bond donors (Lipinski definition) is 1. The summed E-state index contributed by atoms with van der Waals surface area (Å²) in [6, 6.07) is 1.79. The number of halogens is 4. The molecule has 10 heteroatoms. The third-order valence-electron chi connectivity index (χ3n) is 2.25. The van der Waals surface area contributed by atoms with Gasteiger partial charge in [-0.2, -0.15) is 13.2 Å². The van der Waals surface area contributed by atoms with Crippen LogP contribution in [0.5, 0.6) is 0 Å². The van der Waals surface area contributed by atoms with Gasteiger partial charge in [0.2, 0.25) is 0 Å². The largest absolute Gasteiger partial charge is 0.481 e. The van der Waals surface area contributed by atoms with Crippen molar-refractivity contribution in [1.82, 2.24) is 10.2 Å². The summed E-state index contributed by atoms with van der Waals surface area (Å²) >= 11 is 0.675. The van der Waals surface area contributed by atoms with Crippen LogP contribution in [0.15, 0.2) is 27.8 Å². The van der Waals surface area contributed by atoms with Gasteiger partial charge in [-0.1, -0.05) is 11.8 Å². The Bertz CT molecular complexity index is 672. The fourth-order valence-corrected chi connectivity index (χ4v) is 1.85. The van der Waals surface area contributed by atoms with Crippen LogP contribution in [0.25, 0.3) is 11.5 Å². The van der Waals surface area contributed by atoms with E-state index in [1.165, 1.54) is 0 Å². The van der Waals surface area contributed by atoms with Crippen molar-refractivity contribution in [3.63, 3.8) is 0 Å². The molecule has 112 valence electrons. The molecular formula is C11H6F4N2O3S. The Balaban J connectivity index is 2.31. The lowest BCUT2D eigenvalue weighted by molar-refractivity contribution is -0.137. The fraction of sp³-hybridized carbons (Fsp3) is 0.182. The van der Waals surface area contributed by atoms with Crippen LogP contribution in [0.1, 0.15) is 5.56 Å². The standard InChI is InChI=1S/C11H6F4N2O3S/c12-7-2-1-5(11(13,14)15)3-6(7)9-16-17-10(20-9)21-4-8(18)19/h1-3H,4H2,(H,18,19). The summed E-state index contributed by atoms with van der Waals surface area (Å²) in [6.07, 6.45) is -4.64. The highest BCUT2D eigenvalue weighted by atomic mass is 32.2. The van der Waals surface area contributed by atoms with Gasteiger partial charge in [0.05, 0.1) is 11.1 Å². The molecule has 1 aromatic heterocycles. The Morgan fingerprint density at radius 3 is 2.67 bits per heavy atom. The first-order valence-electron chi connectivity index (χ1n) is 5.32. The molecule has 1 heterocycles. The molecule has 0 aliphatic heterocycles. The molecule has 0 amide bonds. The Kier molecular flexibility index (Phi) is 4.16. The maximum Gasteiger partial charge on any atom is 0.416 e. The van der Waals surface area contributed by atoms with Crippen molar-refractivity contribution in [2.45, 2.75) is 11.4 Å². The van der Waals surface area contributed by atoms with Crippen molar-refractivity contribution in [1.29, 1.82) is 0 Å². The lowest BCUT2D eigenvalue weighted by atomic mass is 10.1. The summed E-state index contributed by atoms with van der Waals surface area (Å²) in [5, 5.41) is 15.1. The number of carboxylic acid groups (broad SMARTS) is 1. The first-order valence-corrected chi connectivity index (χ1v) is 6.31. The topological polar surface area (TPSA) is 76.2 Å². The summed E-state index contributed by atoms with van der Waals surface area (Å²) in [4.78, 5) is 10.4. The SMILES string of the molecule is O=C(O)CSc1nnc(-c2cc(C(F)(F)F)ccc2F)o1. The summed E-state index contributed by atoms with van der Waals surface area (Å²) in [5.41, 5.74) is -1.56. The highest BCUT2D eigenvalue weighted by Gasteiger charge is 2.31. The van der Waals surface area contributed by atoms with Gasteiger partial charge in [0.15, 0.2) is 0 Å². The van der Waals surface area contributed by atoms with Crippen LogP contribution >= 0.6 is 11.8 Å². The number of alkyl halides is 3. The number of thioether (sulfide) groups is 1. The van der Waals surface area contributed by atoms with Crippen LogP contribution in [0.2, 0.25) is 0 Å². The van der Waals surface area contributed by atoms with Gasteiger partial charge in [-0.3, -0.25) is 4.79 Å². The number of benzene rings is 1. The molecule has 2 rings (SSSR count). The van der Waals surface area contributed by atoms with E-state index >= 15 is 0 Å². The van der Waals surface area contributed by atoms with Crippen molar-refractivity contribution in [2.75, 3.05) is 5.75 Å². The van der Waals surface area contributed by atoms with Gasteiger partial charge >= 0.3 is 12.1 Å². The predicted molar refractivity (Wildman–Crippen MR) is 63.1 cm³/mol. The predicted octanol–water partition coefficient (Wildman–Crippen LogP) is 3.07. The number of aromatic nitrogens is 2. The summed E-state index contributed by atoms with van der Waals surface area (Å²) in [7, 11) is 0. The Hall–Kier alpha value is -2.10. The molecule has 1 N–H and O–H groups in total. The zero-order chi connectivity index (χ0) is 15.6. The molecule has 5 nitrogen and oxygen atoms in total. The maximum absolute atomic E-state index is 13.6. The molecule has 0 aliphatic rings. The molecule has 0 saturated heterocycles. The Morgan fingerprint density at radius 2 is 2.05 bits per heavy atom. The molecular weight excluding hydrogens is 316 g/mol. The van der Waals surface area contributed by atoms with Gasteiger partial charge in [-0.15, -0.1) is 10.2 Å². The van der Waals surface area contributed by atoms with Crippen molar-refractivity contribution in [2.24, 2.45) is 0 Å². The minimum Gasteiger partial charge on any atom is -0.481 e. The second kappa shape index (κ2) is 5.72. The van der Waals surface area contributed by atoms with Crippen molar-refractivity contribution in [3.05, 3.63) is 29.6 Å². The monoisotopic (exact) mass is 322 g/mol. The third-order valence-corrected chi connectivity index (χ3v) is 3.05. The third kappa shape index (κ3) is 3.72. The minimum atomic E-state index is -4.64. The molecule has 0 aliphatic carbocycles. The number of carbonyl (C=O) groups is 1. The van der Waals surface area contributed by atoms with Gasteiger partial charge in [0.1, 0.15) is 11.6 Å². The van der Waals surface area contributed by atoms with Crippen LogP contribution in [0.4, 0.5) is 17.6 Å². The molecule has 2 aromatic rings. The Labute approximate surface area is 119 Å². The average molecular weight is 322 g/mol. The molecule has 0 spiro atoms. The van der Waals surface area contributed by atoms with Crippen LogP contribution in [0.3, 0.4) is 0 Å². The smallest absolute Gasteiger partial charge is 0.416 e. The number of carboxylic acids is 1. The summed E-state index contributed by atoms with van der Waals surface area (Å²) < 4.78 is 56.2. The lowest BCUT2D eigenvalue weighted by Crippen LogP contribution is -2.05. The van der Waals surface area contributed by atoms with Gasteiger partial charge in [0.25, 0.3) is 11.1 Å². The van der Waals surface area contributed by atoms with E-state index < -0.39 is 35.0 Å². The first-order chi connectivity index (χ1) is 9.77. The minimum absolute atomic E-state index is 0.177. The molecule has 0 atom stereocenters. The zero-order valence-electron chi connectivity index (χ0n) is 10.0. The molecule has 21 heavy (non-hydrogen) atoms.